The fraction of sp³-hybridized carbons (Fsp3) is 0.312. The number of anilines is 1. The van der Waals surface area contributed by atoms with Crippen LogP contribution in [-0.4, -0.2) is 49.5 Å². The number of halogens is 1. The summed E-state index contributed by atoms with van der Waals surface area (Å²) < 4.78 is 28.7. The number of aliphatic hydroxyl groups excluding tert-OH is 1. The van der Waals surface area contributed by atoms with Crippen molar-refractivity contribution in [3.8, 4) is 0 Å². The molecule has 2 aromatic heterocycles. The van der Waals surface area contributed by atoms with E-state index in [1.807, 2.05) is 12.1 Å². The fourth-order valence-corrected chi connectivity index (χ4v) is 5.34. The first kappa shape index (κ1) is 23.4. The van der Waals surface area contributed by atoms with Crippen molar-refractivity contribution >= 4 is 48.2 Å². The third-order valence-electron chi connectivity index (χ3n) is 4.71. The van der Waals surface area contributed by atoms with Gasteiger partial charge in [-0.1, -0.05) is 23.4 Å². The van der Waals surface area contributed by atoms with E-state index in [2.05, 4.69) is 15.0 Å². The number of nitrogen functional groups attached to an aromatic ring is 1. The molecule has 158 valence electrons. The number of benzene rings is 1. The third-order valence-corrected chi connectivity index (χ3v) is 6.90. The van der Waals surface area contributed by atoms with Crippen LogP contribution in [0.2, 0.25) is 5.02 Å². The van der Waals surface area contributed by atoms with Crippen LogP contribution < -0.4 is 40.2 Å². The van der Waals surface area contributed by atoms with Gasteiger partial charge in [0, 0.05) is 9.92 Å². The van der Waals surface area contributed by atoms with E-state index in [1.165, 1.54) is 18.1 Å². The first-order valence-corrected chi connectivity index (χ1v) is 11.4. The van der Waals surface area contributed by atoms with Crippen LogP contribution in [0.15, 0.2) is 40.6 Å². The zero-order valence-corrected chi connectivity index (χ0v) is 20.5. The fourth-order valence-electron chi connectivity index (χ4n) is 3.36. The van der Waals surface area contributed by atoms with Gasteiger partial charge in [-0.25, -0.2) is 15.0 Å². The van der Waals surface area contributed by atoms with E-state index in [-0.39, 0.29) is 42.0 Å². The molecule has 5 rings (SSSR count). The Kier molecular flexibility index (Phi) is 6.70. The number of phosphoric acid groups is 1. The van der Waals surface area contributed by atoms with Gasteiger partial charge < -0.3 is 29.5 Å². The van der Waals surface area contributed by atoms with E-state index < -0.39 is 32.4 Å². The molecule has 1 aromatic carbocycles. The molecule has 0 aliphatic carbocycles. The van der Waals surface area contributed by atoms with Gasteiger partial charge in [0.15, 0.2) is 28.4 Å². The summed E-state index contributed by atoms with van der Waals surface area (Å²) in [6.07, 6.45) is -2.98. The van der Waals surface area contributed by atoms with Crippen LogP contribution in [0.3, 0.4) is 0 Å². The van der Waals surface area contributed by atoms with Crippen molar-refractivity contribution in [1.29, 1.82) is 0 Å². The van der Waals surface area contributed by atoms with Crippen molar-refractivity contribution in [1.82, 2.24) is 19.5 Å². The Morgan fingerprint density at radius 2 is 2.06 bits per heavy atom. The van der Waals surface area contributed by atoms with E-state index in [1.54, 1.807) is 16.7 Å². The Morgan fingerprint density at radius 3 is 2.81 bits per heavy atom. The molecule has 0 amide bonds. The number of fused-ring (bicyclic) bond motifs is 2. The maximum absolute atomic E-state index is 11.7. The predicted octanol–water partition coefficient (Wildman–Crippen LogP) is -1.64. The molecule has 3 aromatic rings. The summed E-state index contributed by atoms with van der Waals surface area (Å²) in [7, 11) is -4.50. The second-order valence-corrected chi connectivity index (χ2v) is 9.46. The number of hydrogen-bond acceptors (Lipinski definition) is 11. The first-order chi connectivity index (χ1) is 14.3. The molecule has 2 aliphatic rings. The average molecular weight is 494 g/mol. The van der Waals surface area contributed by atoms with Gasteiger partial charge in [-0.05, 0) is 24.3 Å². The summed E-state index contributed by atoms with van der Waals surface area (Å²) in [5.74, 6) is 0.158. The summed E-state index contributed by atoms with van der Waals surface area (Å²) in [6, 6.07) is 7.08. The van der Waals surface area contributed by atoms with Gasteiger partial charge in [0.05, 0.1) is 6.61 Å². The number of phosphoric ester groups is 1. The van der Waals surface area contributed by atoms with E-state index in [4.69, 9.17) is 31.1 Å². The molecule has 3 N–H and O–H groups in total. The molecule has 0 bridgehead atoms. The molecular formula is C16H14ClN5NaO6PS. The largest absolute Gasteiger partial charge is 1.00 e. The molecule has 2 saturated heterocycles. The van der Waals surface area contributed by atoms with Crippen LogP contribution >= 0.6 is 31.2 Å². The summed E-state index contributed by atoms with van der Waals surface area (Å²) >= 11 is 7.22. The number of ether oxygens (including phenoxy) is 1. The minimum Gasteiger partial charge on any atom is -0.756 e. The number of rotatable bonds is 3. The van der Waals surface area contributed by atoms with Crippen LogP contribution in [0.4, 0.5) is 5.82 Å². The second kappa shape index (κ2) is 8.88. The van der Waals surface area contributed by atoms with Gasteiger partial charge in [-0.2, -0.15) is 0 Å². The number of nitrogens with two attached hydrogens (primary N) is 1. The van der Waals surface area contributed by atoms with Gasteiger partial charge in [0.2, 0.25) is 0 Å². The topological polar surface area (TPSA) is 158 Å². The average Bonchev–Trinajstić information content (AvgIpc) is 3.21. The Bertz CT molecular complexity index is 1170. The van der Waals surface area contributed by atoms with Crippen LogP contribution in [0.25, 0.3) is 11.2 Å². The zero-order chi connectivity index (χ0) is 21.0. The zero-order valence-electron chi connectivity index (χ0n) is 16.0. The Morgan fingerprint density at radius 1 is 1.32 bits per heavy atom. The summed E-state index contributed by atoms with van der Waals surface area (Å²) in [4.78, 5) is 25.2. The van der Waals surface area contributed by atoms with E-state index in [9.17, 15) is 14.6 Å². The van der Waals surface area contributed by atoms with Crippen molar-refractivity contribution in [3.05, 3.63) is 35.6 Å². The quantitative estimate of drug-likeness (QED) is 0.318. The molecule has 4 heterocycles. The van der Waals surface area contributed by atoms with Crippen molar-refractivity contribution < 1.29 is 57.9 Å². The van der Waals surface area contributed by atoms with Crippen LogP contribution in [0, 0.1) is 0 Å². The Hall–Kier alpha value is -0.760. The number of hydrogen-bond donors (Lipinski definition) is 2. The van der Waals surface area contributed by atoms with Gasteiger partial charge in [0.25, 0.3) is 7.82 Å². The summed E-state index contributed by atoms with van der Waals surface area (Å²) in [5.41, 5.74) is 6.61. The monoisotopic (exact) mass is 493 g/mol. The predicted molar refractivity (Wildman–Crippen MR) is 104 cm³/mol. The van der Waals surface area contributed by atoms with E-state index in [0.717, 1.165) is 4.90 Å². The van der Waals surface area contributed by atoms with Crippen molar-refractivity contribution in [3.63, 3.8) is 0 Å². The number of nitrogens with zero attached hydrogens (tertiary/aromatic N) is 4. The van der Waals surface area contributed by atoms with E-state index in [0.29, 0.717) is 21.3 Å². The molecule has 3 unspecified atom stereocenters. The molecule has 0 radical (unpaired) electrons. The van der Waals surface area contributed by atoms with Crippen molar-refractivity contribution in [2.75, 3.05) is 12.3 Å². The van der Waals surface area contributed by atoms with Crippen LogP contribution in [0.1, 0.15) is 6.23 Å². The van der Waals surface area contributed by atoms with Crippen LogP contribution in [0.5, 0.6) is 0 Å². The van der Waals surface area contributed by atoms with E-state index >= 15 is 0 Å². The molecular weight excluding hydrogens is 480 g/mol. The van der Waals surface area contributed by atoms with Crippen LogP contribution in [-0.2, 0) is 18.3 Å². The minimum atomic E-state index is -4.50. The van der Waals surface area contributed by atoms with Gasteiger partial charge in [0.1, 0.15) is 24.6 Å². The van der Waals surface area contributed by atoms with Gasteiger partial charge in [-0.15, -0.1) is 0 Å². The molecule has 2 fully saturated rings. The number of imidazole rings is 1. The maximum Gasteiger partial charge on any atom is 1.00 e. The third kappa shape index (κ3) is 4.40. The summed E-state index contributed by atoms with van der Waals surface area (Å²) in [6.45, 7) is -0.261. The molecule has 5 atom stereocenters. The molecule has 2 aliphatic heterocycles. The Balaban J connectivity index is 0.00000231. The van der Waals surface area contributed by atoms with Crippen molar-refractivity contribution in [2.45, 2.75) is 34.6 Å². The number of aromatic nitrogens is 4. The number of aliphatic hydroxyl groups is 1. The van der Waals surface area contributed by atoms with Crippen molar-refractivity contribution in [2.24, 2.45) is 0 Å². The van der Waals surface area contributed by atoms with Gasteiger partial charge in [-0.3, -0.25) is 9.13 Å². The molecule has 31 heavy (non-hydrogen) atoms. The standard InChI is InChI=1S/C16H15ClN5O6PS.Na/c17-7-1-3-8(4-2-7)30-16-21-10-13(18)19-6-20-14(10)22(16)15-11(23)12-9(27-15)5-26-29(24,25)28-12;/h1-4,6,9,11-12,15,23H,5H2,(H,24,25)(H2,18,19,20);/q;+1/p-1/t9?,11-,12?,15+;/m0./s1. The first-order valence-electron chi connectivity index (χ1n) is 8.72. The normalized spacial score (nSPS) is 30.2. The SMILES string of the molecule is Nc1ncnc2c1nc(Sc1ccc(Cl)cc1)n2[C@@H]1OC2COP(=O)([O-])OC2[C@@H]1O.[Na+]. The molecule has 0 saturated carbocycles. The Labute approximate surface area is 207 Å². The van der Waals surface area contributed by atoms with Gasteiger partial charge >= 0.3 is 29.6 Å². The maximum atomic E-state index is 11.7. The molecule has 11 nitrogen and oxygen atoms in total. The summed E-state index contributed by atoms with van der Waals surface area (Å²) in [5, 5.41) is 11.8. The minimum absolute atomic E-state index is 0. The smallest absolute Gasteiger partial charge is 0.756 e. The molecule has 15 heteroatoms. The molecule has 0 spiro atoms. The second-order valence-electron chi connectivity index (χ2n) is 6.62.